The SMILES string of the molecule is Nc1cc(Cl)c(F)c(S(=O)(=O)Nc2ccc(Br)cc2)c1. The zero-order valence-corrected chi connectivity index (χ0v) is 13.1. The molecule has 0 heterocycles. The number of benzene rings is 2. The summed E-state index contributed by atoms with van der Waals surface area (Å²) < 4.78 is 41.1. The minimum atomic E-state index is -4.11. The van der Waals surface area contributed by atoms with Gasteiger partial charge < -0.3 is 5.73 Å². The first-order valence-corrected chi connectivity index (χ1v) is 7.98. The second-order valence-electron chi connectivity index (χ2n) is 3.93. The lowest BCUT2D eigenvalue weighted by molar-refractivity contribution is 0.571. The molecule has 106 valence electrons. The van der Waals surface area contributed by atoms with Gasteiger partial charge in [0, 0.05) is 15.8 Å². The van der Waals surface area contributed by atoms with Crippen LogP contribution in [-0.4, -0.2) is 8.42 Å². The zero-order chi connectivity index (χ0) is 14.9. The second kappa shape index (κ2) is 5.59. The molecule has 0 aliphatic carbocycles. The van der Waals surface area contributed by atoms with E-state index in [0.717, 1.165) is 16.6 Å². The van der Waals surface area contributed by atoms with Crippen LogP contribution >= 0.6 is 27.5 Å². The highest BCUT2D eigenvalue weighted by molar-refractivity contribution is 9.10. The van der Waals surface area contributed by atoms with E-state index in [1.165, 1.54) is 12.1 Å². The van der Waals surface area contributed by atoms with Crippen molar-refractivity contribution in [3.05, 3.63) is 51.7 Å². The van der Waals surface area contributed by atoms with Gasteiger partial charge in [-0.05, 0) is 36.4 Å². The average Bonchev–Trinajstić information content (AvgIpc) is 2.36. The lowest BCUT2D eigenvalue weighted by Gasteiger charge is -2.10. The van der Waals surface area contributed by atoms with Gasteiger partial charge in [0.15, 0.2) is 5.82 Å². The normalized spacial score (nSPS) is 11.3. The average molecular weight is 380 g/mol. The maximum absolute atomic E-state index is 13.8. The highest BCUT2D eigenvalue weighted by Gasteiger charge is 2.22. The van der Waals surface area contributed by atoms with Crippen LogP contribution in [0.4, 0.5) is 15.8 Å². The van der Waals surface area contributed by atoms with Crippen LogP contribution in [0.15, 0.2) is 45.8 Å². The third kappa shape index (κ3) is 3.23. The van der Waals surface area contributed by atoms with E-state index in [9.17, 15) is 12.8 Å². The first-order valence-electron chi connectivity index (χ1n) is 5.32. The quantitative estimate of drug-likeness (QED) is 0.800. The molecule has 4 nitrogen and oxygen atoms in total. The van der Waals surface area contributed by atoms with E-state index in [0.29, 0.717) is 5.69 Å². The summed E-state index contributed by atoms with van der Waals surface area (Å²) in [5, 5.41) is -0.346. The lowest BCUT2D eigenvalue weighted by atomic mass is 10.3. The van der Waals surface area contributed by atoms with E-state index < -0.39 is 20.7 Å². The molecule has 0 saturated carbocycles. The Bertz CT molecular complexity index is 751. The highest BCUT2D eigenvalue weighted by Crippen LogP contribution is 2.27. The summed E-state index contributed by atoms with van der Waals surface area (Å²) in [6, 6.07) is 8.54. The van der Waals surface area contributed by atoms with Crippen LogP contribution in [0.25, 0.3) is 0 Å². The van der Waals surface area contributed by atoms with Gasteiger partial charge in [0.1, 0.15) is 4.90 Å². The first-order chi connectivity index (χ1) is 9.29. The largest absolute Gasteiger partial charge is 0.399 e. The standard InChI is InChI=1S/C12H9BrClFN2O2S/c13-7-1-3-9(4-2-7)17-20(18,19)11-6-8(16)5-10(14)12(11)15/h1-6,17H,16H2. The van der Waals surface area contributed by atoms with E-state index >= 15 is 0 Å². The molecule has 2 aromatic rings. The number of halogens is 3. The van der Waals surface area contributed by atoms with Crippen molar-refractivity contribution in [2.45, 2.75) is 4.90 Å². The molecule has 0 fully saturated rings. The number of sulfonamides is 1. The van der Waals surface area contributed by atoms with E-state index in [4.69, 9.17) is 17.3 Å². The zero-order valence-electron chi connectivity index (χ0n) is 9.90. The van der Waals surface area contributed by atoms with Crippen LogP contribution in [0.3, 0.4) is 0 Å². The van der Waals surface area contributed by atoms with Crippen LogP contribution in [0, 0.1) is 5.82 Å². The smallest absolute Gasteiger partial charge is 0.264 e. The number of nitrogens with two attached hydrogens (primary N) is 1. The summed E-state index contributed by atoms with van der Waals surface area (Å²) in [5.74, 6) is -1.04. The van der Waals surface area contributed by atoms with Crippen molar-refractivity contribution >= 4 is 48.9 Å². The molecule has 8 heteroatoms. The van der Waals surface area contributed by atoms with E-state index in [-0.39, 0.29) is 10.7 Å². The lowest BCUT2D eigenvalue weighted by Crippen LogP contribution is -2.15. The molecule has 0 amide bonds. The number of hydrogen-bond donors (Lipinski definition) is 2. The van der Waals surface area contributed by atoms with Gasteiger partial charge in [-0.15, -0.1) is 0 Å². The monoisotopic (exact) mass is 378 g/mol. The van der Waals surface area contributed by atoms with E-state index in [1.807, 2.05) is 0 Å². The first kappa shape index (κ1) is 15.1. The third-order valence-corrected chi connectivity index (χ3v) is 4.59. The van der Waals surface area contributed by atoms with E-state index in [2.05, 4.69) is 20.7 Å². The van der Waals surface area contributed by atoms with Gasteiger partial charge in [0.05, 0.1) is 5.02 Å². The molecule has 0 spiro atoms. The summed E-state index contributed by atoms with van der Waals surface area (Å²) in [4.78, 5) is -0.592. The fraction of sp³-hybridized carbons (Fsp3) is 0. The van der Waals surface area contributed by atoms with E-state index in [1.54, 1.807) is 12.1 Å². The van der Waals surface area contributed by atoms with Gasteiger partial charge in [-0.3, -0.25) is 4.72 Å². The molecule has 0 aliphatic rings. The number of nitrogens with one attached hydrogen (secondary N) is 1. The molecule has 20 heavy (non-hydrogen) atoms. The van der Waals surface area contributed by atoms with Crippen LogP contribution in [0.5, 0.6) is 0 Å². The number of rotatable bonds is 3. The summed E-state index contributed by atoms with van der Waals surface area (Å²) in [7, 11) is -4.11. The molecule has 0 saturated heterocycles. The summed E-state index contributed by atoms with van der Waals surface area (Å²) in [6.45, 7) is 0. The fourth-order valence-corrected chi connectivity index (χ4v) is 3.25. The summed E-state index contributed by atoms with van der Waals surface area (Å²) >= 11 is 8.82. The van der Waals surface area contributed by atoms with Crippen molar-refractivity contribution in [1.82, 2.24) is 0 Å². The molecule has 2 aromatic carbocycles. The molecular formula is C12H9BrClFN2O2S. The van der Waals surface area contributed by atoms with Crippen LogP contribution in [0.2, 0.25) is 5.02 Å². The van der Waals surface area contributed by atoms with Crippen LogP contribution in [0.1, 0.15) is 0 Å². The third-order valence-electron chi connectivity index (χ3n) is 2.40. The Balaban J connectivity index is 2.43. The fourth-order valence-electron chi connectivity index (χ4n) is 1.51. The maximum Gasteiger partial charge on any atom is 0.264 e. The Morgan fingerprint density at radius 1 is 1.20 bits per heavy atom. The summed E-state index contributed by atoms with van der Waals surface area (Å²) in [5.41, 5.74) is 5.85. The molecular weight excluding hydrogens is 371 g/mol. The van der Waals surface area contributed by atoms with Gasteiger partial charge in [0.25, 0.3) is 10.0 Å². The van der Waals surface area contributed by atoms with Gasteiger partial charge in [-0.1, -0.05) is 27.5 Å². The van der Waals surface area contributed by atoms with Gasteiger partial charge in [-0.25, -0.2) is 12.8 Å². The predicted molar refractivity (Wildman–Crippen MR) is 80.8 cm³/mol. The molecule has 0 radical (unpaired) electrons. The predicted octanol–water partition coefficient (Wildman–Crippen LogP) is 3.62. The van der Waals surface area contributed by atoms with Gasteiger partial charge in [-0.2, -0.15) is 0 Å². The molecule has 0 bridgehead atoms. The molecule has 0 atom stereocenters. The van der Waals surface area contributed by atoms with Gasteiger partial charge >= 0.3 is 0 Å². The molecule has 0 aliphatic heterocycles. The van der Waals surface area contributed by atoms with Crippen molar-refractivity contribution in [1.29, 1.82) is 0 Å². The second-order valence-corrected chi connectivity index (χ2v) is 6.90. The minimum absolute atomic E-state index is 0.0626. The van der Waals surface area contributed by atoms with Crippen molar-refractivity contribution in [3.8, 4) is 0 Å². The molecule has 3 N–H and O–H groups in total. The molecule has 2 rings (SSSR count). The van der Waals surface area contributed by atoms with Crippen LogP contribution < -0.4 is 10.5 Å². The van der Waals surface area contributed by atoms with Crippen molar-refractivity contribution in [2.24, 2.45) is 0 Å². The Kier molecular flexibility index (Phi) is 4.22. The van der Waals surface area contributed by atoms with Crippen molar-refractivity contribution in [3.63, 3.8) is 0 Å². The Hall–Kier alpha value is -1.31. The van der Waals surface area contributed by atoms with Crippen molar-refractivity contribution in [2.75, 3.05) is 10.5 Å². The highest BCUT2D eigenvalue weighted by atomic mass is 79.9. The topological polar surface area (TPSA) is 72.2 Å². The Labute approximate surface area is 128 Å². The molecule has 0 unspecified atom stereocenters. The van der Waals surface area contributed by atoms with Gasteiger partial charge in [0.2, 0.25) is 0 Å². The maximum atomic E-state index is 13.8. The Morgan fingerprint density at radius 3 is 2.40 bits per heavy atom. The number of hydrogen-bond acceptors (Lipinski definition) is 3. The van der Waals surface area contributed by atoms with Crippen molar-refractivity contribution < 1.29 is 12.8 Å². The summed E-state index contributed by atoms with van der Waals surface area (Å²) in [6.07, 6.45) is 0. The Morgan fingerprint density at radius 2 is 1.80 bits per heavy atom. The minimum Gasteiger partial charge on any atom is -0.399 e. The number of anilines is 2. The molecule has 0 aromatic heterocycles. The number of nitrogen functional groups attached to an aromatic ring is 1. The van der Waals surface area contributed by atoms with Crippen LogP contribution in [-0.2, 0) is 10.0 Å².